The number of hydrogen-bond donors (Lipinski definition) is 4. The molecule has 0 radical (unpaired) electrons. The second kappa shape index (κ2) is 15.7. The zero-order chi connectivity index (χ0) is 40.8. The average Bonchev–Trinajstić information content (AvgIpc) is 4.06. The first-order valence-electron chi connectivity index (χ1n) is 20.0. The number of hydrogen-bond acceptors (Lipinski definition) is 10. The van der Waals surface area contributed by atoms with Crippen LogP contribution in [0.4, 0.5) is 9.59 Å². The largest absolute Gasteiger partial charge is 0.488 e. The molecule has 2 fully saturated rings. The van der Waals surface area contributed by atoms with Gasteiger partial charge in [-0.1, -0.05) is 27.7 Å². The fourth-order valence-corrected chi connectivity index (χ4v) is 8.69. The van der Waals surface area contributed by atoms with Crippen LogP contribution in [0.2, 0.25) is 0 Å². The number of amides is 4. The zero-order valence-electron chi connectivity index (χ0n) is 33.6. The number of nitrogens with zero attached hydrogens (tertiary/aromatic N) is 4. The summed E-state index contributed by atoms with van der Waals surface area (Å²) in [6, 6.07) is 6.31. The average molecular weight is 795 g/mol. The van der Waals surface area contributed by atoms with Crippen molar-refractivity contribution in [3.63, 3.8) is 0 Å². The van der Waals surface area contributed by atoms with Gasteiger partial charge >= 0.3 is 12.2 Å². The van der Waals surface area contributed by atoms with Crippen LogP contribution in [0.5, 0.6) is 11.5 Å². The Bertz CT molecular complexity index is 2040. The number of benzene rings is 2. The fourth-order valence-electron chi connectivity index (χ4n) is 8.69. The number of likely N-dealkylation sites (tertiary alicyclic amines) is 2. The molecule has 8 rings (SSSR count). The van der Waals surface area contributed by atoms with Crippen molar-refractivity contribution in [2.45, 2.75) is 90.8 Å². The smallest absolute Gasteiger partial charge is 0.407 e. The Balaban J connectivity index is 1.01. The molecule has 4 aliphatic heterocycles. The molecule has 4 aromatic rings. The van der Waals surface area contributed by atoms with E-state index in [1.54, 1.807) is 22.2 Å². The third kappa shape index (κ3) is 7.08. The molecule has 2 aromatic heterocycles. The van der Waals surface area contributed by atoms with Crippen LogP contribution in [-0.4, -0.2) is 93.1 Å². The third-order valence-corrected chi connectivity index (χ3v) is 11.7. The van der Waals surface area contributed by atoms with E-state index in [1.807, 2.05) is 39.8 Å². The Morgan fingerprint density at radius 3 is 1.53 bits per heavy atom. The maximum atomic E-state index is 13.7. The van der Waals surface area contributed by atoms with Crippen molar-refractivity contribution in [1.29, 1.82) is 0 Å². The molecule has 2 aromatic carbocycles. The lowest BCUT2D eigenvalue weighted by molar-refractivity contribution is -0.136. The van der Waals surface area contributed by atoms with Crippen LogP contribution in [0.25, 0.3) is 33.6 Å². The van der Waals surface area contributed by atoms with E-state index in [0.717, 1.165) is 70.5 Å². The molecule has 6 heterocycles. The lowest BCUT2D eigenvalue weighted by Crippen LogP contribution is -2.51. The second-order valence-electron chi connectivity index (χ2n) is 16.1. The first-order valence-corrected chi connectivity index (χ1v) is 20.0. The van der Waals surface area contributed by atoms with Gasteiger partial charge in [-0.2, -0.15) is 0 Å². The highest BCUT2D eigenvalue weighted by molar-refractivity contribution is 5.89. The maximum absolute atomic E-state index is 13.7. The summed E-state index contributed by atoms with van der Waals surface area (Å²) in [4.78, 5) is 71.4. The van der Waals surface area contributed by atoms with Crippen LogP contribution in [0.3, 0.4) is 0 Å². The normalized spacial score (nSPS) is 19.0. The number of imidazole rings is 2. The number of rotatable bonds is 10. The van der Waals surface area contributed by atoms with Gasteiger partial charge in [-0.3, -0.25) is 9.59 Å². The number of H-pyrrole nitrogens is 2. The molecule has 16 heteroatoms. The van der Waals surface area contributed by atoms with Crippen LogP contribution >= 0.6 is 0 Å². The standard InChI is InChI=1S/C42H50N8O8/c1-21(2)35(47-41(53)55-5)39(51)49-11-7-9-29(49)37-43-17-27(45-37)23-13-25-19-57-31-15-24(16-32-34(31)33(25)26(14-23)20-58-32)28-18-44-38(46-28)30-10-8-12-50(30)40(52)36(22(3)4)48-42(54)56-6/h13-18,21-22,29-30,35-36H,7-12,19-20H2,1-6H3,(H,43,45)(H,44,46)(H,47,53)(H,48,54)/t29-,30-,35-,36?/m0/s1. The summed E-state index contributed by atoms with van der Waals surface area (Å²) in [6.45, 7) is 9.46. The highest BCUT2D eigenvalue weighted by atomic mass is 16.5. The number of nitrogens with one attached hydrogen (secondary N) is 4. The molecule has 1 unspecified atom stereocenters. The molecule has 0 saturated carbocycles. The van der Waals surface area contributed by atoms with E-state index in [4.69, 9.17) is 28.9 Å². The van der Waals surface area contributed by atoms with Gasteiger partial charge in [0, 0.05) is 29.8 Å². The summed E-state index contributed by atoms with van der Waals surface area (Å²) in [5.41, 5.74) is 7.48. The van der Waals surface area contributed by atoms with Gasteiger partial charge in [-0.25, -0.2) is 19.6 Å². The van der Waals surface area contributed by atoms with E-state index in [2.05, 4.69) is 32.7 Å². The summed E-state index contributed by atoms with van der Waals surface area (Å²) in [6.07, 6.45) is 5.46. The van der Waals surface area contributed by atoms with Crippen molar-refractivity contribution < 1.29 is 38.1 Å². The molecule has 4 aliphatic rings. The molecular weight excluding hydrogens is 745 g/mol. The Hall–Kier alpha value is -6.06. The van der Waals surface area contributed by atoms with Crippen LogP contribution in [0.1, 0.15) is 88.2 Å². The van der Waals surface area contributed by atoms with Crippen LogP contribution < -0.4 is 20.1 Å². The topological polar surface area (TPSA) is 193 Å². The number of aromatic amines is 2. The molecule has 4 N–H and O–H groups in total. The lowest BCUT2D eigenvalue weighted by atomic mass is 9.87. The molecule has 2 saturated heterocycles. The van der Waals surface area contributed by atoms with Crippen molar-refractivity contribution in [2.75, 3.05) is 27.3 Å². The van der Waals surface area contributed by atoms with E-state index in [-0.39, 0.29) is 35.7 Å². The molecule has 306 valence electrons. The van der Waals surface area contributed by atoms with Gasteiger partial charge in [0.15, 0.2) is 0 Å². The predicted molar refractivity (Wildman–Crippen MR) is 211 cm³/mol. The number of carbonyl (C=O) groups excluding carboxylic acids is 4. The quantitative estimate of drug-likeness (QED) is 0.148. The lowest BCUT2D eigenvalue weighted by Gasteiger charge is -2.30. The Labute approximate surface area is 336 Å². The van der Waals surface area contributed by atoms with E-state index in [1.165, 1.54) is 14.2 Å². The molecule has 4 atom stereocenters. The van der Waals surface area contributed by atoms with E-state index < -0.39 is 24.3 Å². The van der Waals surface area contributed by atoms with Crippen molar-refractivity contribution in [2.24, 2.45) is 11.8 Å². The first kappa shape index (κ1) is 38.8. The van der Waals surface area contributed by atoms with Crippen molar-refractivity contribution in [3.8, 4) is 45.1 Å². The van der Waals surface area contributed by atoms with E-state index >= 15 is 0 Å². The minimum Gasteiger partial charge on any atom is -0.488 e. The van der Waals surface area contributed by atoms with Crippen LogP contribution in [0.15, 0.2) is 36.7 Å². The summed E-state index contributed by atoms with van der Waals surface area (Å²) in [7, 11) is 2.57. The second-order valence-corrected chi connectivity index (χ2v) is 16.1. The number of alkyl carbamates (subject to hydrolysis) is 2. The molecular formula is C42H50N8O8. The summed E-state index contributed by atoms with van der Waals surface area (Å²) in [5.74, 6) is 2.24. The Kier molecular flexibility index (Phi) is 10.5. The summed E-state index contributed by atoms with van der Waals surface area (Å²) >= 11 is 0. The minimum absolute atomic E-state index is 0.123. The number of carbonyl (C=O) groups is 4. The number of aromatic nitrogens is 4. The van der Waals surface area contributed by atoms with E-state index in [0.29, 0.717) is 49.5 Å². The number of methoxy groups -OCH3 is 2. The number of ether oxygens (including phenoxy) is 4. The van der Waals surface area contributed by atoms with Crippen molar-refractivity contribution in [1.82, 2.24) is 40.4 Å². The van der Waals surface area contributed by atoms with Gasteiger partial charge in [0.2, 0.25) is 11.8 Å². The van der Waals surface area contributed by atoms with Gasteiger partial charge in [0.25, 0.3) is 0 Å². The maximum Gasteiger partial charge on any atom is 0.407 e. The predicted octanol–water partition coefficient (Wildman–Crippen LogP) is 6.01. The molecule has 0 spiro atoms. The highest BCUT2D eigenvalue weighted by Gasteiger charge is 2.39. The third-order valence-electron chi connectivity index (χ3n) is 11.7. The monoisotopic (exact) mass is 794 g/mol. The zero-order valence-corrected chi connectivity index (χ0v) is 33.6. The Morgan fingerprint density at radius 1 is 0.690 bits per heavy atom. The van der Waals surface area contributed by atoms with E-state index in [9.17, 15) is 19.2 Å². The SMILES string of the molecule is COC(=O)NC(C(=O)N1CCC[C@H]1c1ncc(-c2cc3c4c(c2)OCc2cc(-c5cnc([C@@H]6CCCN6C(=O)[C@@H](NC(=O)OC)C(C)C)[nH]5)cc(c2-4)CO3)[nH]1)C(C)C. The van der Waals surface area contributed by atoms with Crippen molar-refractivity contribution in [3.05, 3.63) is 59.4 Å². The van der Waals surface area contributed by atoms with Gasteiger partial charge < -0.3 is 49.3 Å². The summed E-state index contributed by atoms with van der Waals surface area (Å²) < 4.78 is 22.4. The van der Waals surface area contributed by atoms with Gasteiger partial charge in [0.1, 0.15) is 48.4 Å². The highest BCUT2D eigenvalue weighted by Crippen LogP contribution is 2.51. The molecule has 58 heavy (non-hydrogen) atoms. The molecule has 16 nitrogen and oxygen atoms in total. The summed E-state index contributed by atoms with van der Waals surface area (Å²) in [5, 5.41) is 5.40. The Morgan fingerprint density at radius 2 is 1.12 bits per heavy atom. The minimum atomic E-state index is -0.715. The van der Waals surface area contributed by atoms with Gasteiger partial charge in [-0.15, -0.1) is 0 Å². The van der Waals surface area contributed by atoms with Gasteiger partial charge in [0.05, 0.1) is 55.6 Å². The van der Waals surface area contributed by atoms with Crippen molar-refractivity contribution >= 4 is 24.0 Å². The molecule has 0 bridgehead atoms. The van der Waals surface area contributed by atoms with Gasteiger partial charge in [-0.05, 0) is 72.9 Å². The van der Waals surface area contributed by atoms with Crippen LogP contribution in [0, 0.1) is 11.8 Å². The fraction of sp³-hybridized carbons (Fsp3) is 0.476. The molecule has 0 aliphatic carbocycles. The molecule has 4 amide bonds. The first-order chi connectivity index (χ1) is 27.9. The van der Waals surface area contributed by atoms with Crippen LogP contribution in [-0.2, 0) is 32.3 Å².